The minimum atomic E-state index is 0.0248. The van der Waals surface area contributed by atoms with E-state index in [0.717, 1.165) is 5.69 Å². The first kappa shape index (κ1) is 15.5. The minimum Gasteiger partial charge on any atom is -0.495 e. The van der Waals surface area contributed by atoms with E-state index in [9.17, 15) is 4.79 Å². The number of carbonyl (C=O) groups is 1. The van der Waals surface area contributed by atoms with Crippen molar-refractivity contribution in [3.8, 4) is 17.2 Å². The molecule has 23 heavy (non-hydrogen) atoms. The summed E-state index contributed by atoms with van der Waals surface area (Å²) in [6.45, 7) is 0.674. The van der Waals surface area contributed by atoms with Gasteiger partial charge in [0.05, 0.1) is 12.8 Å². The van der Waals surface area contributed by atoms with Gasteiger partial charge in [-0.15, -0.1) is 0 Å². The summed E-state index contributed by atoms with van der Waals surface area (Å²) in [6, 6.07) is 10.5. The molecule has 120 valence electrons. The van der Waals surface area contributed by atoms with Gasteiger partial charge in [0.1, 0.15) is 5.75 Å². The minimum absolute atomic E-state index is 0.0248. The highest BCUT2D eigenvalue weighted by Crippen LogP contribution is 2.33. The van der Waals surface area contributed by atoms with Crippen LogP contribution in [0.25, 0.3) is 0 Å². The molecule has 0 radical (unpaired) electrons. The molecule has 0 saturated carbocycles. The summed E-state index contributed by atoms with van der Waals surface area (Å²) in [7, 11) is 1.59. The molecule has 0 atom stereocenters. The van der Waals surface area contributed by atoms with E-state index in [-0.39, 0.29) is 12.6 Å². The number of fused-ring (bicyclic) bond motifs is 1. The summed E-state index contributed by atoms with van der Waals surface area (Å²) < 4.78 is 15.8. The maximum Gasteiger partial charge on any atom is 0.231 e. The molecule has 0 fully saturated rings. The van der Waals surface area contributed by atoms with Crippen LogP contribution in [0.2, 0.25) is 5.02 Å². The van der Waals surface area contributed by atoms with Gasteiger partial charge >= 0.3 is 0 Å². The fourth-order valence-electron chi connectivity index (χ4n) is 2.34. The largest absolute Gasteiger partial charge is 0.495 e. The number of anilines is 1. The van der Waals surface area contributed by atoms with Crippen LogP contribution in [0.5, 0.6) is 17.2 Å². The summed E-state index contributed by atoms with van der Waals surface area (Å²) >= 11 is 5.98. The Labute approximate surface area is 139 Å². The van der Waals surface area contributed by atoms with Crippen LogP contribution in [0.1, 0.15) is 16.8 Å². The highest BCUT2D eigenvalue weighted by atomic mass is 35.5. The van der Waals surface area contributed by atoms with Gasteiger partial charge in [-0.2, -0.15) is 0 Å². The summed E-state index contributed by atoms with van der Waals surface area (Å²) in [6.07, 6.45) is 0.343. The SMILES string of the molecule is COc1ccc(Cl)cc1NCCC(=O)c1ccc2c(c1)OCO2. The lowest BCUT2D eigenvalue weighted by Gasteiger charge is -2.11. The van der Waals surface area contributed by atoms with Crippen molar-refractivity contribution in [3.05, 3.63) is 47.0 Å². The van der Waals surface area contributed by atoms with Gasteiger partial charge in [0.25, 0.3) is 0 Å². The van der Waals surface area contributed by atoms with Gasteiger partial charge in [-0.05, 0) is 36.4 Å². The Balaban J connectivity index is 1.60. The molecule has 2 aromatic carbocycles. The van der Waals surface area contributed by atoms with Crippen molar-refractivity contribution in [2.24, 2.45) is 0 Å². The van der Waals surface area contributed by atoms with Crippen LogP contribution < -0.4 is 19.5 Å². The number of halogens is 1. The molecule has 0 aliphatic carbocycles. The molecule has 1 heterocycles. The second-order valence-electron chi connectivity index (χ2n) is 5.01. The maximum absolute atomic E-state index is 12.3. The van der Waals surface area contributed by atoms with Crippen LogP contribution in [0.15, 0.2) is 36.4 Å². The zero-order chi connectivity index (χ0) is 16.2. The third-order valence-electron chi connectivity index (χ3n) is 3.52. The average molecular weight is 334 g/mol. The van der Waals surface area contributed by atoms with E-state index in [1.165, 1.54) is 0 Å². The van der Waals surface area contributed by atoms with Crippen LogP contribution in [0.3, 0.4) is 0 Å². The molecule has 0 saturated heterocycles. The summed E-state index contributed by atoms with van der Waals surface area (Å²) in [4.78, 5) is 12.3. The van der Waals surface area contributed by atoms with E-state index in [4.69, 9.17) is 25.8 Å². The lowest BCUT2D eigenvalue weighted by Crippen LogP contribution is -2.09. The second kappa shape index (κ2) is 6.79. The molecular formula is C17H16ClNO4. The van der Waals surface area contributed by atoms with E-state index >= 15 is 0 Å². The van der Waals surface area contributed by atoms with Gasteiger partial charge in [0.2, 0.25) is 6.79 Å². The molecule has 1 N–H and O–H groups in total. The average Bonchev–Trinajstić information content (AvgIpc) is 3.02. The third kappa shape index (κ3) is 3.51. The first-order valence-corrected chi connectivity index (χ1v) is 7.55. The zero-order valence-electron chi connectivity index (χ0n) is 12.6. The van der Waals surface area contributed by atoms with Crippen molar-refractivity contribution in [1.29, 1.82) is 0 Å². The van der Waals surface area contributed by atoms with Crippen molar-refractivity contribution >= 4 is 23.1 Å². The number of benzene rings is 2. The monoisotopic (exact) mass is 333 g/mol. The number of hydrogen-bond acceptors (Lipinski definition) is 5. The Morgan fingerprint density at radius 3 is 2.87 bits per heavy atom. The van der Waals surface area contributed by atoms with Crippen LogP contribution in [-0.2, 0) is 0 Å². The Morgan fingerprint density at radius 2 is 2.04 bits per heavy atom. The Bertz CT molecular complexity index is 733. The lowest BCUT2D eigenvalue weighted by atomic mass is 10.1. The molecule has 5 nitrogen and oxygen atoms in total. The van der Waals surface area contributed by atoms with Crippen molar-refractivity contribution in [2.75, 3.05) is 25.8 Å². The van der Waals surface area contributed by atoms with E-state index in [0.29, 0.717) is 40.8 Å². The second-order valence-corrected chi connectivity index (χ2v) is 5.45. The van der Waals surface area contributed by atoms with E-state index in [1.54, 1.807) is 43.5 Å². The highest BCUT2D eigenvalue weighted by molar-refractivity contribution is 6.30. The predicted molar refractivity (Wildman–Crippen MR) is 88.0 cm³/mol. The molecule has 0 unspecified atom stereocenters. The quantitative estimate of drug-likeness (QED) is 0.816. The molecule has 0 bridgehead atoms. The molecule has 0 aromatic heterocycles. The number of Topliss-reactive ketones (excluding diaryl/α,β-unsaturated/α-hetero) is 1. The Morgan fingerprint density at radius 1 is 1.22 bits per heavy atom. The molecule has 1 aliphatic heterocycles. The topological polar surface area (TPSA) is 56.8 Å². The van der Waals surface area contributed by atoms with Gasteiger partial charge in [0, 0.05) is 23.6 Å². The van der Waals surface area contributed by atoms with Crippen LogP contribution in [0.4, 0.5) is 5.69 Å². The lowest BCUT2D eigenvalue weighted by molar-refractivity contribution is 0.0986. The molecule has 0 spiro atoms. The first-order chi connectivity index (χ1) is 11.2. The van der Waals surface area contributed by atoms with Crippen LogP contribution in [-0.4, -0.2) is 26.2 Å². The van der Waals surface area contributed by atoms with Crippen molar-refractivity contribution in [3.63, 3.8) is 0 Å². The summed E-state index contributed by atoms with van der Waals surface area (Å²) in [5.74, 6) is 1.99. The number of methoxy groups -OCH3 is 1. The number of hydrogen-bond donors (Lipinski definition) is 1. The normalized spacial score (nSPS) is 12.1. The molecule has 2 aromatic rings. The molecule has 1 aliphatic rings. The van der Waals surface area contributed by atoms with E-state index < -0.39 is 0 Å². The molecule has 0 amide bonds. The van der Waals surface area contributed by atoms with Crippen molar-refractivity contribution < 1.29 is 19.0 Å². The van der Waals surface area contributed by atoms with Gasteiger partial charge in [-0.25, -0.2) is 0 Å². The fraction of sp³-hybridized carbons (Fsp3) is 0.235. The number of rotatable bonds is 6. The van der Waals surface area contributed by atoms with Gasteiger partial charge in [-0.3, -0.25) is 4.79 Å². The highest BCUT2D eigenvalue weighted by Gasteiger charge is 2.16. The maximum atomic E-state index is 12.3. The number of nitrogens with one attached hydrogen (secondary N) is 1. The summed E-state index contributed by atoms with van der Waals surface area (Å²) in [5, 5.41) is 3.78. The zero-order valence-corrected chi connectivity index (χ0v) is 13.4. The van der Waals surface area contributed by atoms with Gasteiger partial charge in [-0.1, -0.05) is 11.6 Å². The van der Waals surface area contributed by atoms with Gasteiger partial charge < -0.3 is 19.5 Å². The van der Waals surface area contributed by atoms with Crippen LogP contribution >= 0.6 is 11.6 Å². The standard InChI is InChI=1S/C17H16ClNO4/c1-21-15-5-3-12(18)9-13(15)19-7-6-14(20)11-2-4-16-17(8-11)23-10-22-16/h2-5,8-9,19H,6-7,10H2,1H3. The fourth-order valence-corrected chi connectivity index (χ4v) is 2.52. The number of ketones is 1. The molecule has 3 rings (SSSR count). The van der Waals surface area contributed by atoms with Crippen molar-refractivity contribution in [2.45, 2.75) is 6.42 Å². The predicted octanol–water partition coefficient (Wildman–Crippen LogP) is 3.76. The Kier molecular flexibility index (Phi) is 4.57. The van der Waals surface area contributed by atoms with Crippen molar-refractivity contribution in [1.82, 2.24) is 0 Å². The third-order valence-corrected chi connectivity index (χ3v) is 3.76. The smallest absolute Gasteiger partial charge is 0.231 e. The van der Waals surface area contributed by atoms with E-state index in [2.05, 4.69) is 5.32 Å². The molecule has 6 heteroatoms. The number of ether oxygens (including phenoxy) is 3. The van der Waals surface area contributed by atoms with Gasteiger partial charge in [0.15, 0.2) is 17.3 Å². The van der Waals surface area contributed by atoms with Crippen LogP contribution in [0, 0.1) is 0 Å². The number of carbonyl (C=O) groups excluding carboxylic acids is 1. The van der Waals surface area contributed by atoms with E-state index in [1.807, 2.05) is 0 Å². The first-order valence-electron chi connectivity index (χ1n) is 7.17. The summed E-state index contributed by atoms with van der Waals surface area (Å²) in [5.41, 5.74) is 1.37. The Hall–Kier alpha value is -2.40. The molecular weight excluding hydrogens is 318 g/mol.